The molecule has 2 heterocycles. The third-order valence-electron chi connectivity index (χ3n) is 3.04. The lowest BCUT2D eigenvalue weighted by molar-refractivity contribution is 0.895. The van der Waals surface area contributed by atoms with Crippen molar-refractivity contribution in [3.8, 4) is 5.69 Å². The molecule has 20 heavy (non-hydrogen) atoms. The molecule has 0 N–H and O–H groups in total. The van der Waals surface area contributed by atoms with Crippen LogP contribution in [0.15, 0.2) is 40.5 Å². The van der Waals surface area contributed by atoms with Gasteiger partial charge in [-0.3, -0.25) is 13.8 Å². The maximum absolute atomic E-state index is 12.5. The highest BCUT2D eigenvalue weighted by Gasteiger charge is 2.11. The molecule has 0 aliphatic carbocycles. The van der Waals surface area contributed by atoms with Crippen LogP contribution in [0.1, 0.15) is 5.56 Å². The largest absolute Gasteiger partial charge is 0.300 e. The van der Waals surface area contributed by atoms with E-state index < -0.39 is 0 Å². The molecule has 0 atom stereocenters. The molecule has 0 saturated heterocycles. The molecule has 0 amide bonds. The van der Waals surface area contributed by atoms with Crippen LogP contribution in [-0.4, -0.2) is 25.4 Å². The van der Waals surface area contributed by atoms with E-state index in [1.807, 2.05) is 19.2 Å². The predicted molar refractivity (Wildman–Crippen MR) is 80.1 cm³/mol. The van der Waals surface area contributed by atoms with Crippen molar-refractivity contribution in [1.29, 1.82) is 0 Å². The monoisotopic (exact) mass is 306 g/mol. The van der Waals surface area contributed by atoms with Crippen LogP contribution in [-0.2, 0) is 0 Å². The average Bonchev–Trinajstić information content (AvgIpc) is 2.86. The van der Waals surface area contributed by atoms with Gasteiger partial charge in [0.25, 0.3) is 0 Å². The van der Waals surface area contributed by atoms with Crippen molar-refractivity contribution in [3.63, 3.8) is 0 Å². The van der Waals surface area contributed by atoms with Gasteiger partial charge in [-0.05, 0) is 36.9 Å². The van der Waals surface area contributed by atoms with Crippen molar-refractivity contribution in [2.75, 3.05) is 6.26 Å². The van der Waals surface area contributed by atoms with Gasteiger partial charge in [-0.15, -0.1) is 10.2 Å². The molecule has 3 rings (SSSR count). The highest BCUT2D eigenvalue weighted by atomic mass is 35.5. The van der Waals surface area contributed by atoms with E-state index in [-0.39, 0.29) is 5.56 Å². The van der Waals surface area contributed by atoms with E-state index in [1.165, 1.54) is 16.3 Å². The van der Waals surface area contributed by atoms with Gasteiger partial charge in [0.05, 0.1) is 0 Å². The van der Waals surface area contributed by atoms with Crippen molar-refractivity contribution in [1.82, 2.24) is 19.2 Å². The van der Waals surface area contributed by atoms with Crippen LogP contribution in [0.2, 0.25) is 5.02 Å². The Bertz CT molecular complexity index is 855. The van der Waals surface area contributed by atoms with Gasteiger partial charge < -0.3 is 0 Å². The van der Waals surface area contributed by atoms with Crippen LogP contribution in [0, 0.1) is 6.92 Å². The standard InChI is InChI=1S/C13H11ClN4OS/c1-8-7-9(3-4-10(8)14)17-5-6-18-11(12(17)19)15-16-13(18)20-2/h3-7H,1-2H3. The molecule has 1 aromatic carbocycles. The van der Waals surface area contributed by atoms with Crippen LogP contribution in [0.5, 0.6) is 0 Å². The van der Waals surface area contributed by atoms with Crippen molar-refractivity contribution in [2.45, 2.75) is 12.1 Å². The molecule has 0 bridgehead atoms. The van der Waals surface area contributed by atoms with Gasteiger partial charge in [0.1, 0.15) is 0 Å². The van der Waals surface area contributed by atoms with E-state index in [2.05, 4.69) is 10.2 Å². The first kappa shape index (κ1) is 13.2. The Labute approximate surface area is 124 Å². The second-order valence-corrected chi connectivity index (χ2v) is 5.47. The van der Waals surface area contributed by atoms with Crippen LogP contribution in [0.25, 0.3) is 11.3 Å². The molecule has 0 fully saturated rings. The van der Waals surface area contributed by atoms with E-state index in [1.54, 1.807) is 28.9 Å². The van der Waals surface area contributed by atoms with Crippen molar-refractivity contribution < 1.29 is 0 Å². The first-order valence-corrected chi connectivity index (χ1v) is 7.49. The summed E-state index contributed by atoms with van der Waals surface area (Å²) >= 11 is 7.45. The first-order valence-electron chi connectivity index (χ1n) is 5.88. The minimum absolute atomic E-state index is 0.206. The smallest absolute Gasteiger partial charge is 0.280 e. The number of halogens is 1. The number of thioether (sulfide) groups is 1. The number of aryl methyl sites for hydroxylation is 1. The van der Waals surface area contributed by atoms with Gasteiger partial charge in [-0.25, -0.2) is 0 Å². The molecule has 0 unspecified atom stereocenters. The van der Waals surface area contributed by atoms with E-state index in [0.29, 0.717) is 15.8 Å². The van der Waals surface area contributed by atoms with Gasteiger partial charge in [-0.2, -0.15) is 0 Å². The lowest BCUT2D eigenvalue weighted by Crippen LogP contribution is -2.20. The summed E-state index contributed by atoms with van der Waals surface area (Å²) < 4.78 is 3.23. The van der Waals surface area contributed by atoms with Crippen LogP contribution in [0.4, 0.5) is 0 Å². The lowest BCUT2D eigenvalue weighted by atomic mass is 10.2. The molecule has 2 aromatic heterocycles. The first-order chi connectivity index (χ1) is 9.61. The average molecular weight is 307 g/mol. The second-order valence-electron chi connectivity index (χ2n) is 4.29. The third-order valence-corrected chi connectivity index (χ3v) is 4.11. The van der Waals surface area contributed by atoms with Gasteiger partial charge in [0, 0.05) is 23.1 Å². The third kappa shape index (κ3) is 2.01. The highest BCUT2D eigenvalue weighted by Crippen LogP contribution is 2.18. The zero-order valence-corrected chi connectivity index (χ0v) is 12.4. The van der Waals surface area contributed by atoms with Gasteiger partial charge in [-0.1, -0.05) is 23.4 Å². The fourth-order valence-corrected chi connectivity index (χ4v) is 2.57. The number of rotatable bonds is 2. The fourth-order valence-electron chi connectivity index (χ4n) is 1.99. The molecule has 5 nitrogen and oxygen atoms in total. The topological polar surface area (TPSA) is 52.2 Å². The van der Waals surface area contributed by atoms with Gasteiger partial charge in [0.15, 0.2) is 5.16 Å². The summed E-state index contributed by atoms with van der Waals surface area (Å²) in [4.78, 5) is 12.5. The molecule has 102 valence electrons. The molecule has 7 heteroatoms. The molecule has 0 saturated carbocycles. The van der Waals surface area contributed by atoms with E-state index in [9.17, 15) is 4.79 Å². The maximum atomic E-state index is 12.5. The van der Waals surface area contributed by atoms with Crippen molar-refractivity contribution in [2.24, 2.45) is 0 Å². The van der Waals surface area contributed by atoms with E-state index >= 15 is 0 Å². The summed E-state index contributed by atoms with van der Waals surface area (Å²) in [6, 6.07) is 5.45. The number of benzene rings is 1. The lowest BCUT2D eigenvalue weighted by Gasteiger charge is -2.07. The van der Waals surface area contributed by atoms with Crippen LogP contribution < -0.4 is 5.56 Å². The Morgan fingerprint density at radius 1 is 1.25 bits per heavy atom. The summed E-state index contributed by atoms with van der Waals surface area (Å²) in [6.07, 6.45) is 5.39. The number of aromatic nitrogens is 4. The van der Waals surface area contributed by atoms with Crippen LogP contribution >= 0.6 is 23.4 Å². The summed E-state index contributed by atoms with van der Waals surface area (Å²) in [5.41, 5.74) is 1.78. The Hall–Kier alpha value is -1.79. The summed E-state index contributed by atoms with van der Waals surface area (Å²) in [7, 11) is 0. The molecule has 0 aliphatic rings. The molecular formula is C13H11ClN4OS. The van der Waals surface area contributed by atoms with E-state index in [0.717, 1.165) is 11.3 Å². The minimum Gasteiger partial charge on any atom is -0.280 e. The SMILES string of the molecule is CSc1nnc2c(=O)n(-c3ccc(Cl)c(C)c3)ccn12. The van der Waals surface area contributed by atoms with Gasteiger partial charge in [0.2, 0.25) is 5.65 Å². The highest BCUT2D eigenvalue weighted by molar-refractivity contribution is 7.98. The van der Waals surface area contributed by atoms with Crippen LogP contribution in [0.3, 0.4) is 0 Å². The zero-order chi connectivity index (χ0) is 14.3. The predicted octanol–water partition coefficient (Wildman–Crippen LogP) is 2.56. The Morgan fingerprint density at radius 3 is 2.75 bits per heavy atom. The fraction of sp³-hybridized carbons (Fsp3) is 0.154. The van der Waals surface area contributed by atoms with E-state index in [4.69, 9.17) is 11.6 Å². The quantitative estimate of drug-likeness (QED) is 0.683. The molecule has 0 radical (unpaired) electrons. The summed E-state index contributed by atoms with van der Waals surface area (Å²) in [5.74, 6) is 0. The second kappa shape index (κ2) is 4.96. The molecule has 0 aliphatic heterocycles. The number of hydrogen-bond acceptors (Lipinski definition) is 4. The zero-order valence-electron chi connectivity index (χ0n) is 10.9. The molecule has 3 aromatic rings. The Morgan fingerprint density at radius 2 is 2.05 bits per heavy atom. The molecular weight excluding hydrogens is 296 g/mol. The maximum Gasteiger partial charge on any atom is 0.300 e. The number of hydrogen-bond donors (Lipinski definition) is 0. The number of nitrogens with zero attached hydrogens (tertiary/aromatic N) is 4. The van der Waals surface area contributed by atoms with Crippen molar-refractivity contribution >= 4 is 29.0 Å². The molecule has 0 spiro atoms. The Balaban J connectivity index is 2.24. The number of fused-ring (bicyclic) bond motifs is 1. The normalized spacial score (nSPS) is 11.2. The minimum atomic E-state index is -0.206. The summed E-state index contributed by atoms with van der Waals surface area (Å²) in [6.45, 7) is 1.90. The Kier molecular flexibility index (Phi) is 3.27. The summed E-state index contributed by atoms with van der Waals surface area (Å²) in [5, 5.41) is 9.30. The van der Waals surface area contributed by atoms with Crippen molar-refractivity contribution in [3.05, 3.63) is 51.5 Å². The van der Waals surface area contributed by atoms with Gasteiger partial charge >= 0.3 is 5.56 Å².